The Balaban J connectivity index is 0.000000222. The molecule has 0 fully saturated rings. The molecule has 12 nitrogen and oxygen atoms in total. The van der Waals surface area contributed by atoms with Gasteiger partial charge in [-0.25, -0.2) is 25.6 Å². The van der Waals surface area contributed by atoms with E-state index in [1.165, 1.54) is 54.8 Å². The monoisotopic (exact) mass is 1190 g/mol. The van der Waals surface area contributed by atoms with Crippen molar-refractivity contribution in [3.63, 3.8) is 0 Å². The molecule has 0 radical (unpaired) electrons. The lowest BCUT2D eigenvalue weighted by Crippen LogP contribution is -2.29. The van der Waals surface area contributed by atoms with Crippen LogP contribution in [0, 0.1) is 18.6 Å². The van der Waals surface area contributed by atoms with E-state index < -0.39 is 50.5 Å². The Morgan fingerprint density at radius 2 is 0.987 bits per heavy atom. The number of halogens is 6. The van der Waals surface area contributed by atoms with Crippen LogP contribution in [0.5, 0.6) is 23.0 Å². The molecule has 0 spiro atoms. The van der Waals surface area contributed by atoms with Gasteiger partial charge in [-0.2, -0.15) is 21.8 Å². The molecule has 0 heterocycles. The molecule has 0 aliphatic carbocycles. The van der Waals surface area contributed by atoms with Gasteiger partial charge >= 0.3 is 13.3 Å². The summed E-state index contributed by atoms with van der Waals surface area (Å²) in [5.74, 6) is 1.39. The van der Waals surface area contributed by atoms with Crippen molar-refractivity contribution in [1.82, 2.24) is 8.61 Å². The molecule has 79 heavy (non-hydrogen) atoms. The first kappa shape index (κ1) is 61.1. The van der Waals surface area contributed by atoms with Crippen molar-refractivity contribution in [3.05, 3.63) is 231 Å². The summed E-state index contributed by atoms with van der Waals surface area (Å²) in [6, 6.07) is 46.2. The van der Waals surface area contributed by atoms with Crippen LogP contribution in [-0.2, 0) is 52.5 Å². The molecule has 2 N–H and O–H groups in total. The fraction of sp³-hybridized carbons (Fsp3) is 0.172. The first-order valence-electron chi connectivity index (χ1n) is 23.9. The summed E-state index contributed by atoms with van der Waals surface area (Å²) >= 11 is 3.48. The number of rotatable bonds is 18. The van der Waals surface area contributed by atoms with Crippen LogP contribution >= 0.6 is 15.9 Å². The van der Waals surface area contributed by atoms with E-state index in [-0.39, 0.29) is 35.1 Å². The van der Waals surface area contributed by atoms with Crippen molar-refractivity contribution < 1.29 is 67.8 Å². The summed E-state index contributed by atoms with van der Waals surface area (Å²) < 4.78 is 143. The maximum Gasteiger partial charge on any atom is 0.488 e. The molecule has 0 amide bonds. The summed E-state index contributed by atoms with van der Waals surface area (Å²) in [5.41, 5.74) is 4.52. The van der Waals surface area contributed by atoms with E-state index in [1.54, 1.807) is 68.8 Å². The zero-order valence-electron chi connectivity index (χ0n) is 43.4. The van der Waals surface area contributed by atoms with Crippen molar-refractivity contribution in [2.75, 3.05) is 28.3 Å². The van der Waals surface area contributed by atoms with Crippen molar-refractivity contribution >= 4 is 48.6 Å². The molecule has 8 aromatic carbocycles. The minimum absolute atomic E-state index is 0.0462. The molecular formula is C58H55BBrF5N2O10S2. The lowest BCUT2D eigenvalue weighted by atomic mass is 9.80. The molecule has 414 valence electrons. The Morgan fingerprint density at radius 3 is 1.42 bits per heavy atom. The minimum Gasteiger partial charge on any atom is -0.497 e. The van der Waals surface area contributed by atoms with Crippen LogP contribution in [0.1, 0.15) is 33.4 Å². The molecule has 0 atom stereocenters. The van der Waals surface area contributed by atoms with E-state index in [1.807, 2.05) is 61.5 Å². The standard InChI is InChI=1S/C29H25F4NO4S.C22H21BrFNO4S.C7H9BO2/c1-34(39(35,36)26-13-9-24(30)10-14-26)18-21-8-15-28(38-19-20-6-11-25(37-2)12-7-20)27(16-21)22-4-3-5-23(17-22)29(31,32)33;1-25(30(26,27)20-10-6-18(24)7-11-20)14-17-5-12-22(21(23)13-17)29-15-16-3-8-19(28-2)9-4-16;1-6-3-2-4-7(5-6)8(9)10/h3-17H,18-19H2,1-2H3;3-13H,14-15H2,1-2H3;2-5,9-10H,1H3. The molecule has 0 aromatic heterocycles. The Hall–Kier alpha value is -7.11. The summed E-state index contributed by atoms with van der Waals surface area (Å²) in [4.78, 5) is -0.0335. The first-order valence-corrected chi connectivity index (χ1v) is 27.6. The summed E-state index contributed by atoms with van der Waals surface area (Å²) in [6.45, 7) is 2.53. The summed E-state index contributed by atoms with van der Waals surface area (Å²) in [6.07, 6.45) is -4.54. The highest BCUT2D eigenvalue weighted by Crippen LogP contribution is 2.37. The minimum atomic E-state index is -4.54. The first-order chi connectivity index (χ1) is 37.5. The van der Waals surface area contributed by atoms with Crippen LogP contribution in [0.15, 0.2) is 196 Å². The number of methoxy groups -OCH3 is 2. The number of aryl methyl sites for hydroxylation is 1. The van der Waals surface area contributed by atoms with Gasteiger partial charge in [0.25, 0.3) is 0 Å². The molecule has 8 aromatic rings. The fourth-order valence-electron chi connectivity index (χ4n) is 7.50. The predicted molar refractivity (Wildman–Crippen MR) is 297 cm³/mol. The van der Waals surface area contributed by atoms with Crippen LogP contribution in [0.2, 0.25) is 0 Å². The van der Waals surface area contributed by atoms with Gasteiger partial charge in [-0.05, 0) is 165 Å². The number of alkyl halides is 3. The lowest BCUT2D eigenvalue weighted by molar-refractivity contribution is -0.137. The maximum absolute atomic E-state index is 13.4. The van der Waals surface area contributed by atoms with Crippen LogP contribution in [0.25, 0.3) is 11.1 Å². The summed E-state index contributed by atoms with van der Waals surface area (Å²) in [5, 5.41) is 17.4. The van der Waals surface area contributed by atoms with Gasteiger partial charge in [0.15, 0.2) is 0 Å². The number of nitrogens with zero attached hydrogens (tertiary/aromatic N) is 2. The topological polar surface area (TPSA) is 152 Å². The largest absolute Gasteiger partial charge is 0.497 e. The Labute approximate surface area is 465 Å². The van der Waals surface area contributed by atoms with Gasteiger partial charge in [0.1, 0.15) is 47.8 Å². The van der Waals surface area contributed by atoms with Gasteiger partial charge in [0.05, 0.1) is 34.0 Å². The smallest absolute Gasteiger partial charge is 0.488 e. The Morgan fingerprint density at radius 1 is 0.544 bits per heavy atom. The predicted octanol–water partition coefficient (Wildman–Crippen LogP) is 11.6. The van der Waals surface area contributed by atoms with Crippen molar-refractivity contribution in [2.45, 2.75) is 49.2 Å². The van der Waals surface area contributed by atoms with Crippen LogP contribution < -0.4 is 24.4 Å². The second-order valence-corrected chi connectivity index (χ2v) is 22.6. The summed E-state index contributed by atoms with van der Waals surface area (Å²) in [7, 11) is -2.98. The lowest BCUT2D eigenvalue weighted by Gasteiger charge is -2.19. The van der Waals surface area contributed by atoms with Gasteiger partial charge in [0, 0.05) is 32.7 Å². The van der Waals surface area contributed by atoms with Crippen LogP contribution in [-0.4, -0.2) is 70.9 Å². The zero-order valence-corrected chi connectivity index (χ0v) is 46.6. The molecule has 0 aliphatic heterocycles. The highest BCUT2D eigenvalue weighted by Gasteiger charge is 2.31. The maximum atomic E-state index is 13.4. The highest BCUT2D eigenvalue weighted by atomic mass is 79.9. The third-order valence-electron chi connectivity index (χ3n) is 11.8. The van der Waals surface area contributed by atoms with Crippen molar-refractivity contribution in [3.8, 4) is 34.1 Å². The quantitative estimate of drug-likeness (QED) is 0.0627. The second kappa shape index (κ2) is 27.7. The number of hydrogen-bond acceptors (Lipinski definition) is 10. The van der Waals surface area contributed by atoms with Gasteiger partial charge in [-0.15, -0.1) is 0 Å². The Kier molecular flexibility index (Phi) is 21.4. The van der Waals surface area contributed by atoms with E-state index >= 15 is 0 Å². The van der Waals surface area contributed by atoms with Gasteiger partial charge in [0.2, 0.25) is 20.0 Å². The number of sulfonamides is 2. The molecular weight excluding hydrogens is 1130 g/mol. The van der Waals surface area contributed by atoms with E-state index in [4.69, 9.17) is 29.0 Å². The van der Waals surface area contributed by atoms with Crippen LogP contribution in [0.4, 0.5) is 22.0 Å². The van der Waals surface area contributed by atoms with Gasteiger partial charge in [-0.3, -0.25) is 0 Å². The van der Waals surface area contributed by atoms with E-state index in [0.717, 1.165) is 73.2 Å². The molecule has 0 saturated heterocycles. The fourth-order valence-corrected chi connectivity index (χ4v) is 10.4. The van der Waals surface area contributed by atoms with Crippen molar-refractivity contribution in [2.24, 2.45) is 0 Å². The van der Waals surface area contributed by atoms with E-state index in [0.29, 0.717) is 40.4 Å². The average Bonchev–Trinajstić information content (AvgIpc) is 3.45. The SMILES string of the molecule is COc1ccc(COc2ccc(CN(C)S(=O)(=O)c3ccc(F)cc3)cc2-c2cccc(C(F)(F)F)c2)cc1.COc1ccc(COc2ccc(CN(C)S(=O)(=O)c3ccc(F)cc3)cc2Br)cc1.Cc1cccc(B(O)O)c1. The van der Waals surface area contributed by atoms with E-state index in [9.17, 15) is 38.8 Å². The Bertz CT molecular complexity index is 3510. The second-order valence-electron chi connectivity index (χ2n) is 17.7. The van der Waals surface area contributed by atoms with Crippen LogP contribution in [0.3, 0.4) is 0 Å². The van der Waals surface area contributed by atoms with Gasteiger partial charge in [-0.1, -0.05) is 78.4 Å². The molecule has 0 unspecified atom stereocenters. The van der Waals surface area contributed by atoms with Crippen molar-refractivity contribution in [1.29, 1.82) is 0 Å². The number of benzene rings is 8. The molecule has 8 rings (SSSR count). The third-order valence-corrected chi connectivity index (χ3v) is 16.1. The molecule has 0 aliphatic rings. The number of hydrogen-bond donors (Lipinski definition) is 2. The number of ether oxygens (including phenoxy) is 4. The molecule has 0 bridgehead atoms. The molecule has 0 saturated carbocycles. The zero-order chi connectivity index (χ0) is 57.5. The molecule has 21 heteroatoms. The van der Waals surface area contributed by atoms with Gasteiger partial charge < -0.3 is 29.0 Å². The highest BCUT2D eigenvalue weighted by molar-refractivity contribution is 9.10. The van der Waals surface area contributed by atoms with E-state index in [2.05, 4.69) is 15.9 Å². The average molecular weight is 1190 g/mol. The normalized spacial score (nSPS) is 11.5. The third kappa shape index (κ3) is 17.4.